The van der Waals surface area contributed by atoms with Crippen LogP contribution in [0, 0.1) is 0 Å². The standard InChI is InChI=1S/C21H25N5O2/c1-15(27)25-11-9-24(10-12-25)14-19-21(16-3-6-18(28-2)7-4-16)23-20-8-5-17(22)13-26(19)20/h3-8,13H,9-12,14,22H2,1-2H3. The number of ether oxygens (including phenoxy) is 1. The first-order chi connectivity index (χ1) is 13.5. The number of rotatable bonds is 4. The molecule has 7 heteroatoms. The molecule has 0 atom stereocenters. The lowest BCUT2D eigenvalue weighted by Gasteiger charge is -2.34. The van der Waals surface area contributed by atoms with Crippen LogP contribution in [0.25, 0.3) is 16.9 Å². The van der Waals surface area contributed by atoms with E-state index < -0.39 is 0 Å². The smallest absolute Gasteiger partial charge is 0.219 e. The van der Waals surface area contributed by atoms with Crippen molar-refractivity contribution < 1.29 is 9.53 Å². The Morgan fingerprint density at radius 2 is 1.82 bits per heavy atom. The highest BCUT2D eigenvalue weighted by molar-refractivity contribution is 5.73. The number of methoxy groups -OCH3 is 1. The van der Waals surface area contributed by atoms with Crippen LogP contribution in [0.15, 0.2) is 42.6 Å². The van der Waals surface area contributed by atoms with E-state index in [1.165, 1.54) is 0 Å². The maximum absolute atomic E-state index is 11.6. The van der Waals surface area contributed by atoms with Gasteiger partial charge in [0.05, 0.1) is 18.5 Å². The van der Waals surface area contributed by atoms with Gasteiger partial charge in [0.15, 0.2) is 0 Å². The van der Waals surface area contributed by atoms with Crippen LogP contribution in [0.1, 0.15) is 12.6 Å². The first kappa shape index (κ1) is 18.3. The largest absolute Gasteiger partial charge is 0.497 e. The molecule has 3 aromatic rings. The van der Waals surface area contributed by atoms with E-state index in [-0.39, 0.29) is 5.91 Å². The summed E-state index contributed by atoms with van der Waals surface area (Å²) in [4.78, 5) is 20.7. The van der Waals surface area contributed by atoms with E-state index in [9.17, 15) is 4.79 Å². The lowest BCUT2D eigenvalue weighted by molar-refractivity contribution is -0.130. The van der Waals surface area contributed by atoms with Crippen molar-refractivity contribution in [2.24, 2.45) is 0 Å². The van der Waals surface area contributed by atoms with E-state index in [0.29, 0.717) is 5.69 Å². The predicted octanol–water partition coefficient (Wildman–Crippen LogP) is 2.26. The zero-order valence-electron chi connectivity index (χ0n) is 16.3. The molecule has 0 radical (unpaired) electrons. The minimum absolute atomic E-state index is 0.140. The first-order valence-electron chi connectivity index (χ1n) is 9.44. The molecule has 7 nitrogen and oxygen atoms in total. The molecular weight excluding hydrogens is 354 g/mol. The Morgan fingerprint density at radius 3 is 2.46 bits per heavy atom. The highest BCUT2D eigenvalue weighted by Crippen LogP contribution is 2.28. The lowest BCUT2D eigenvalue weighted by Crippen LogP contribution is -2.47. The molecule has 0 aliphatic carbocycles. The summed E-state index contributed by atoms with van der Waals surface area (Å²) in [6, 6.07) is 11.8. The van der Waals surface area contributed by atoms with Crippen molar-refractivity contribution in [1.82, 2.24) is 19.2 Å². The molecule has 1 amide bonds. The van der Waals surface area contributed by atoms with Gasteiger partial charge in [-0.3, -0.25) is 9.69 Å². The van der Waals surface area contributed by atoms with Crippen molar-refractivity contribution in [1.29, 1.82) is 0 Å². The number of benzene rings is 1. The third-order valence-corrected chi connectivity index (χ3v) is 5.29. The molecule has 2 N–H and O–H groups in total. The molecule has 1 aromatic carbocycles. The number of hydrogen-bond acceptors (Lipinski definition) is 5. The Balaban J connectivity index is 1.68. The molecule has 4 rings (SSSR count). The van der Waals surface area contributed by atoms with Gasteiger partial charge >= 0.3 is 0 Å². The number of nitrogen functional groups attached to an aromatic ring is 1. The third-order valence-electron chi connectivity index (χ3n) is 5.29. The van der Waals surface area contributed by atoms with Crippen molar-refractivity contribution in [3.63, 3.8) is 0 Å². The highest BCUT2D eigenvalue weighted by atomic mass is 16.5. The van der Waals surface area contributed by atoms with Crippen molar-refractivity contribution >= 4 is 17.2 Å². The normalized spacial score (nSPS) is 15.1. The van der Waals surface area contributed by atoms with E-state index in [1.54, 1.807) is 14.0 Å². The highest BCUT2D eigenvalue weighted by Gasteiger charge is 2.22. The number of carbonyl (C=O) groups is 1. The lowest BCUT2D eigenvalue weighted by atomic mass is 10.1. The van der Waals surface area contributed by atoms with Crippen LogP contribution in [-0.4, -0.2) is 58.4 Å². The number of carbonyl (C=O) groups excluding carboxylic acids is 1. The van der Waals surface area contributed by atoms with Gasteiger partial charge in [-0.05, 0) is 36.4 Å². The molecule has 0 spiro atoms. The summed E-state index contributed by atoms with van der Waals surface area (Å²) in [7, 11) is 1.66. The maximum atomic E-state index is 11.6. The molecule has 1 aliphatic rings. The maximum Gasteiger partial charge on any atom is 0.219 e. The Morgan fingerprint density at radius 1 is 1.11 bits per heavy atom. The van der Waals surface area contributed by atoms with Crippen LogP contribution in [0.5, 0.6) is 5.75 Å². The number of amides is 1. The number of anilines is 1. The monoisotopic (exact) mass is 379 g/mol. The molecule has 1 fully saturated rings. The first-order valence-corrected chi connectivity index (χ1v) is 9.44. The van der Waals surface area contributed by atoms with E-state index in [0.717, 1.165) is 61.1 Å². The van der Waals surface area contributed by atoms with E-state index in [1.807, 2.05) is 47.5 Å². The zero-order chi connectivity index (χ0) is 19.7. The van der Waals surface area contributed by atoms with Gasteiger partial charge in [0.1, 0.15) is 11.4 Å². The number of piperazine rings is 1. The Bertz CT molecular complexity index is 988. The van der Waals surface area contributed by atoms with Crippen LogP contribution >= 0.6 is 0 Å². The van der Waals surface area contributed by atoms with Crippen LogP contribution < -0.4 is 10.5 Å². The van der Waals surface area contributed by atoms with Gasteiger partial charge in [0.25, 0.3) is 0 Å². The van der Waals surface area contributed by atoms with Crippen molar-refractivity contribution in [2.75, 3.05) is 39.0 Å². The molecule has 0 bridgehead atoms. The van der Waals surface area contributed by atoms with E-state index in [4.69, 9.17) is 15.5 Å². The van der Waals surface area contributed by atoms with Gasteiger partial charge in [-0.1, -0.05) is 0 Å². The van der Waals surface area contributed by atoms with Gasteiger partial charge in [-0.15, -0.1) is 0 Å². The number of aromatic nitrogens is 2. The number of fused-ring (bicyclic) bond motifs is 1. The summed E-state index contributed by atoms with van der Waals surface area (Å²) in [6.07, 6.45) is 1.93. The van der Waals surface area contributed by atoms with Crippen LogP contribution in [0.3, 0.4) is 0 Å². The second-order valence-corrected chi connectivity index (χ2v) is 7.11. The number of imidazole rings is 1. The summed E-state index contributed by atoms with van der Waals surface area (Å²) in [6.45, 7) is 5.58. The summed E-state index contributed by atoms with van der Waals surface area (Å²) in [5, 5.41) is 0. The Labute approximate surface area is 164 Å². The van der Waals surface area contributed by atoms with Crippen molar-refractivity contribution in [3.05, 3.63) is 48.3 Å². The predicted molar refractivity (Wildman–Crippen MR) is 109 cm³/mol. The van der Waals surface area contributed by atoms with Crippen molar-refractivity contribution in [3.8, 4) is 17.0 Å². The Hall–Kier alpha value is -3.06. The molecule has 3 heterocycles. The molecular formula is C21H25N5O2. The van der Waals surface area contributed by atoms with Crippen molar-refractivity contribution in [2.45, 2.75) is 13.5 Å². The van der Waals surface area contributed by atoms with Crippen LogP contribution in [-0.2, 0) is 11.3 Å². The summed E-state index contributed by atoms with van der Waals surface area (Å²) >= 11 is 0. The molecule has 2 aromatic heterocycles. The fourth-order valence-corrected chi connectivity index (χ4v) is 3.67. The summed E-state index contributed by atoms with van der Waals surface area (Å²) < 4.78 is 7.35. The third kappa shape index (κ3) is 3.53. The van der Waals surface area contributed by atoms with E-state index >= 15 is 0 Å². The molecule has 28 heavy (non-hydrogen) atoms. The molecule has 1 saturated heterocycles. The van der Waals surface area contributed by atoms with Gasteiger partial charge in [-0.25, -0.2) is 4.98 Å². The van der Waals surface area contributed by atoms with Gasteiger partial charge in [0, 0.05) is 57.1 Å². The second kappa shape index (κ2) is 7.52. The topological polar surface area (TPSA) is 76.1 Å². The fraction of sp³-hybridized carbons (Fsp3) is 0.333. The molecule has 0 saturated carbocycles. The fourth-order valence-electron chi connectivity index (χ4n) is 3.67. The molecule has 146 valence electrons. The second-order valence-electron chi connectivity index (χ2n) is 7.11. The average Bonchev–Trinajstić information content (AvgIpc) is 3.06. The number of nitrogens with two attached hydrogens (primary N) is 1. The quantitative estimate of drug-likeness (QED) is 0.752. The average molecular weight is 379 g/mol. The van der Waals surface area contributed by atoms with Crippen LogP contribution in [0.4, 0.5) is 5.69 Å². The zero-order valence-corrected chi connectivity index (χ0v) is 16.3. The van der Waals surface area contributed by atoms with Gasteiger partial charge in [-0.2, -0.15) is 0 Å². The summed E-state index contributed by atoms with van der Waals surface area (Å²) in [5.74, 6) is 0.958. The number of pyridine rings is 1. The SMILES string of the molecule is COc1ccc(-c2nc3ccc(N)cn3c2CN2CCN(C(C)=O)CC2)cc1. The van der Waals surface area contributed by atoms with Gasteiger partial charge < -0.3 is 19.8 Å². The van der Waals surface area contributed by atoms with E-state index in [2.05, 4.69) is 9.30 Å². The summed E-state index contributed by atoms with van der Waals surface area (Å²) in [5.41, 5.74) is 10.7. The Kier molecular flexibility index (Phi) is 4.92. The number of hydrogen-bond donors (Lipinski definition) is 1. The molecule has 0 unspecified atom stereocenters. The van der Waals surface area contributed by atoms with Gasteiger partial charge in [0.2, 0.25) is 5.91 Å². The van der Waals surface area contributed by atoms with Crippen LogP contribution in [0.2, 0.25) is 0 Å². The minimum Gasteiger partial charge on any atom is -0.497 e. The molecule has 1 aliphatic heterocycles. The minimum atomic E-state index is 0.140. The number of nitrogens with zero attached hydrogens (tertiary/aromatic N) is 4.